The van der Waals surface area contributed by atoms with Crippen molar-refractivity contribution in [3.05, 3.63) is 59.9 Å². The molecule has 1 fully saturated rings. The number of benzene rings is 1. The van der Waals surface area contributed by atoms with E-state index in [1.165, 1.54) is 0 Å². The second-order valence-electron chi connectivity index (χ2n) is 6.43. The van der Waals surface area contributed by atoms with Crippen LogP contribution in [0.15, 0.2) is 48.7 Å². The van der Waals surface area contributed by atoms with Gasteiger partial charge in [-0.25, -0.2) is 4.98 Å². The Bertz CT molecular complexity index is 679. The van der Waals surface area contributed by atoms with Crippen LogP contribution in [0.25, 0.3) is 0 Å². The molecule has 0 radical (unpaired) electrons. The number of carbonyl (C=O) groups excluding carboxylic acids is 1. The number of amides is 1. The van der Waals surface area contributed by atoms with Crippen molar-refractivity contribution in [2.24, 2.45) is 0 Å². The second-order valence-corrected chi connectivity index (χ2v) is 6.43. The van der Waals surface area contributed by atoms with Crippen molar-refractivity contribution in [1.82, 2.24) is 15.2 Å². The molecule has 1 aromatic heterocycles. The quantitative estimate of drug-likeness (QED) is 0.911. The van der Waals surface area contributed by atoms with Crippen molar-refractivity contribution in [3.63, 3.8) is 0 Å². The summed E-state index contributed by atoms with van der Waals surface area (Å²) >= 11 is 0. The maximum absolute atomic E-state index is 12.4. The normalized spacial score (nSPS) is 16.5. The molecule has 1 unspecified atom stereocenters. The van der Waals surface area contributed by atoms with Crippen molar-refractivity contribution < 1.29 is 4.79 Å². The van der Waals surface area contributed by atoms with Crippen LogP contribution in [0.2, 0.25) is 0 Å². The van der Waals surface area contributed by atoms with Gasteiger partial charge in [0, 0.05) is 26.2 Å². The number of hydrogen-bond acceptors (Lipinski definition) is 4. The molecule has 2 heterocycles. The molecule has 1 aliphatic rings. The van der Waals surface area contributed by atoms with Crippen LogP contribution in [0, 0.1) is 0 Å². The summed E-state index contributed by atoms with van der Waals surface area (Å²) in [6, 6.07) is 13.7. The average molecular weight is 338 g/mol. The zero-order valence-electron chi connectivity index (χ0n) is 15.0. The Morgan fingerprint density at radius 2 is 1.84 bits per heavy atom. The topological polar surface area (TPSA) is 48.5 Å². The van der Waals surface area contributed by atoms with Crippen LogP contribution < -0.4 is 10.2 Å². The molecule has 2 aromatic rings. The summed E-state index contributed by atoms with van der Waals surface area (Å²) in [7, 11) is 0. The standard InChI is InChI=1S/C20H26N4O/c1-3-23-11-13-24(14-12-23)18-9-10-19(21-15-18)20(25)22-16(2)17-7-5-4-6-8-17/h4-10,15-16H,3,11-14H2,1-2H3,(H,22,25). The van der Waals surface area contributed by atoms with E-state index in [1.807, 2.05) is 55.6 Å². The molecule has 0 saturated carbocycles. The first-order chi connectivity index (χ1) is 12.2. The van der Waals surface area contributed by atoms with Gasteiger partial charge in [-0.15, -0.1) is 0 Å². The highest BCUT2D eigenvalue weighted by molar-refractivity contribution is 5.92. The molecule has 5 nitrogen and oxygen atoms in total. The molecule has 1 aromatic carbocycles. The van der Waals surface area contributed by atoms with Gasteiger partial charge in [-0.3, -0.25) is 4.79 Å². The van der Waals surface area contributed by atoms with Gasteiger partial charge in [-0.1, -0.05) is 37.3 Å². The van der Waals surface area contributed by atoms with Crippen LogP contribution >= 0.6 is 0 Å². The third kappa shape index (κ3) is 4.37. The van der Waals surface area contributed by atoms with Crippen LogP contribution in [0.5, 0.6) is 0 Å². The zero-order chi connectivity index (χ0) is 17.6. The zero-order valence-corrected chi connectivity index (χ0v) is 15.0. The number of hydrogen-bond donors (Lipinski definition) is 1. The molecule has 0 aliphatic carbocycles. The van der Waals surface area contributed by atoms with Crippen molar-refractivity contribution in [3.8, 4) is 0 Å². The fourth-order valence-electron chi connectivity index (χ4n) is 3.13. The smallest absolute Gasteiger partial charge is 0.270 e. The largest absolute Gasteiger partial charge is 0.368 e. The van der Waals surface area contributed by atoms with Crippen LogP contribution in [-0.2, 0) is 0 Å². The molecule has 1 atom stereocenters. The van der Waals surface area contributed by atoms with Gasteiger partial charge in [0.2, 0.25) is 0 Å². The molecule has 0 spiro atoms. The Balaban J connectivity index is 1.59. The van der Waals surface area contributed by atoms with Crippen molar-refractivity contribution in [2.75, 3.05) is 37.6 Å². The first-order valence-electron chi connectivity index (χ1n) is 8.96. The summed E-state index contributed by atoms with van der Waals surface area (Å²) in [5.74, 6) is -0.140. The van der Waals surface area contributed by atoms with Crippen LogP contribution in [0.3, 0.4) is 0 Å². The third-order valence-electron chi connectivity index (χ3n) is 4.81. The van der Waals surface area contributed by atoms with Crippen LogP contribution in [0.1, 0.15) is 35.9 Å². The summed E-state index contributed by atoms with van der Waals surface area (Å²) in [6.07, 6.45) is 1.81. The summed E-state index contributed by atoms with van der Waals surface area (Å²) in [5, 5.41) is 3.00. The number of aromatic nitrogens is 1. The van der Waals surface area contributed by atoms with Gasteiger partial charge >= 0.3 is 0 Å². The van der Waals surface area contributed by atoms with Gasteiger partial charge in [-0.2, -0.15) is 0 Å². The number of rotatable bonds is 5. The van der Waals surface area contributed by atoms with E-state index in [0.717, 1.165) is 44.0 Å². The lowest BCUT2D eigenvalue weighted by Gasteiger charge is -2.35. The molecule has 5 heteroatoms. The van der Waals surface area contributed by atoms with E-state index in [2.05, 4.69) is 27.0 Å². The molecule has 25 heavy (non-hydrogen) atoms. The average Bonchev–Trinajstić information content (AvgIpc) is 2.69. The van der Waals surface area contributed by atoms with Gasteiger partial charge in [-0.05, 0) is 31.2 Å². The highest BCUT2D eigenvalue weighted by Gasteiger charge is 2.17. The number of pyridine rings is 1. The van der Waals surface area contributed by atoms with Gasteiger partial charge in [0.25, 0.3) is 5.91 Å². The molecule has 1 aliphatic heterocycles. The monoisotopic (exact) mass is 338 g/mol. The van der Waals surface area contributed by atoms with Gasteiger partial charge < -0.3 is 15.1 Å². The molecule has 1 N–H and O–H groups in total. The first kappa shape index (κ1) is 17.4. The molecule has 1 saturated heterocycles. The maximum atomic E-state index is 12.4. The van der Waals surface area contributed by atoms with E-state index in [0.29, 0.717) is 5.69 Å². The van der Waals surface area contributed by atoms with E-state index in [9.17, 15) is 4.79 Å². The number of nitrogens with one attached hydrogen (secondary N) is 1. The van der Waals surface area contributed by atoms with E-state index in [1.54, 1.807) is 0 Å². The third-order valence-corrected chi connectivity index (χ3v) is 4.81. The molecule has 0 bridgehead atoms. The van der Waals surface area contributed by atoms with Crippen molar-refractivity contribution in [2.45, 2.75) is 19.9 Å². The summed E-state index contributed by atoms with van der Waals surface area (Å²) in [4.78, 5) is 21.5. The van der Waals surface area contributed by atoms with Crippen molar-refractivity contribution in [1.29, 1.82) is 0 Å². The first-order valence-corrected chi connectivity index (χ1v) is 8.96. The fourth-order valence-corrected chi connectivity index (χ4v) is 3.13. The number of piperazine rings is 1. The minimum absolute atomic E-state index is 0.0442. The lowest BCUT2D eigenvalue weighted by Crippen LogP contribution is -2.46. The Morgan fingerprint density at radius 3 is 2.44 bits per heavy atom. The minimum atomic E-state index is -0.140. The van der Waals surface area contributed by atoms with Crippen LogP contribution in [0.4, 0.5) is 5.69 Å². The Labute approximate surface area is 149 Å². The predicted octanol–water partition coefficient (Wildman–Crippen LogP) is 2.71. The van der Waals surface area contributed by atoms with E-state index in [4.69, 9.17) is 0 Å². The van der Waals surface area contributed by atoms with Gasteiger partial charge in [0.05, 0.1) is 17.9 Å². The number of nitrogens with zero attached hydrogens (tertiary/aromatic N) is 3. The highest BCUT2D eigenvalue weighted by Crippen LogP contribution is 2.16. The molecule has 132 valence electrons. The highest BCUT2D eigenvalue weighted by atomic mass is 16.1. The number of likely N-dealkylation sites (N-methyl/N-ethyl adjacent to an activating group) is 1. The summed E-state index contributed by atoms with van der Waals surface area (Å²) < 4.78 is 0. The summed E-state index contributed by atoms with van der Waals surface area (Å²) in [6.45, 7) is 9.44. The number of anilines is 1. The summed E-state index contributed by atoms with van der Waals surface area (Å²) in [5.41, 5.74) is 2.63. The van der Waals surface area contributed by atoms with Crippen molar-refractivity contribution >= 4 is 11.6 Å². The Kier molecular flexibility index (Phi) is 5.66. The minimum Gasteiger partial charge on any atom is -0.368 e. The Morgan fingerprint density at radius 1 is 1.12 bits per heavy atom. The Hall–Kier alpha value is -2.40. The maximum Gasteiger partial charge on any atom is 0.270 e. The van der Waals surface area contributed by atoms with Crippen LogP contribution in [-0.4, -0.2) is 48.5 Å². The SMILES string of the molecule is CCN1CCN(c2ccc(C(=O)NC(C)c3ccccc3)nc2)CC1. The van der Waals surface area contributed by atoms with E-state index in [-0.39, 0.29) is 11.9 Å². The van der Waals surface area contributed by atoms with Gasteiger partial charge in [0.1, 0.15) is 5.69 Å². The second kappa shape index (κ2) is 8.12. The molecule has 1 amide bonds. The fraction of sp³-hybridized carbons (Fsp3) is 0.400. The van der Waals surface area contributed by atoms with E-state index < -0.39 is 0 Å². The molecule has 3 rings (SSSR count). The van der Waals surface area contributed by atoms with E-state index >= 15 is 0 Å². The molecular formula is C20H26N4O. The predicted molar refractivity (Wildman–Crippen MR) is 101 cm³/mol. The lowest BCUT2D eigenvalue weighted by atomic mass is 10.1. The molecular weight excluding hydrogens is 312 g/mol. The van der Waals surface area contributed by atoms with Gasteiger partial charge in [0.15, 0.2) is 0 Å². The number of carbonyl (C=O) groups is 1. The lowest BCUT2D eigenvalue weighted by molar-refractivity contribution is 0.0935.